The van der Waals surface area contributed by atoms with Crippen LogP contribution >= 0.6 is 0 Å². The number of anilines is 2. The minimum absolute atomic E-state index is 0.291. The largest absolute Gasteiger partial charge is 0.495 e. The molecule has 6 nitrogen and oxygen atoms in total. The lowest BCUT2D eigenvalue weighted by Gasteiger charge is -2.11. The second-order valence-electron chi connectivity index (χ2n) is 5.89. The van der Waals surface area contributed by atoms with Gasteiger partial charge in [0, 0.05) is 11.1 Å². The van der Waals surface area contributed by atoms with E-state index in [1.807, 2.05) is 24.3 Å². The van der Waals surface area contributed by atoms with Gasteiger partial charge in [-0.25, -0.2) is 0 Å². The lowest BCUT2D eigenvalue weighted by molar-refractivity contribution is 0.101. The number of hydrogen-bond acceptors (Lipinski definition) is 4. The minimum Gasteiger partial charge on any atom is -0.495 e. The number of benzene rings is 3. The highest BCUT2D eigenvalue weighted by molar-refractivity contribution is 6.07. The third-order valence-corrected chi connectivity index (χ3v) is 4.12. The summed E-state index contributed by atoms with van der Waals surface area (Å²) < 4.78 is 10.5. The van der Waals surface area contributed by atoms with Crippen LogP contribution in [0.3, 0.4) is 0 Å². The predicted molar refractivity (Wildman–Crippen MR) is 108 cm³/mol. The van der Waals surface area contributed by atoms with E-state index in [4.69, 9.17) is 9.47 Å². The molecular weight excluding hydrogens is 356 g/mol. The van der Waals surface area contributed by atoms with Crippen LogP contribution in [-0.4, -0.2) is 26.0 Å². The Morgan fingerprint density at radius 2 is 0.964 bits per heavy atom. The molecule has 0 bridgehead atoms. The van der Waals surface area contributed by atoms with Crippen molar-refractivity contribution in [3.8, 4) is 11.5 Å². The van der Waals surface area contributed by atoms with Crippen molar-refractivity contribution in [2.45, 2.75) is 0 Å². The molecule has 0 aromatic heterocycles. The van der Waals surface area contributed by atoms with Crippen LogP contribution in [0.25, 0.3) is 0 Å². The van der Waals surface area contributed by atoms with Crippen LogP contribution < -0.4 is 20.1 Å². The molecule has 2 N–H and O–H groups in total. The highest BCUT2D eigenvalue weighted by atomic mass is 16.5. The van der Waals surface area contributed by atoms with Crippen molar-refractivity contribution in [1.29, 1.82) is 0 Å². The quantitative estimate of drug-likeness (QED) is 0.676. The third kappa shape index (κ3) is 4.29. The molecule has 0 saturated carbocycles. The number of ether oxygens (including phenoxy) is 2. The van der Waals surface area contributed by atoms with E-state index >= 15 is 0 Å². The molecule has 142 valence electrons. The van der Waals surface area contributed by atoms with E-state index in [1.165, 1.54) is 0 Å². The molecule has 0 aliphatic carbocycles. The molecule has 0 unspecified atom stereocenters. The van der Waals surface area contributed by atoms with Crippen molar-refractivity contribution >= 4 is 23.2 Å². The topological polar surface area (TPSA) is 76.7 Å². The molecule has 0 radical (unpaired) electrons. The first kappa shape index (κ1) is 19.0. The first-order chi connectivity index (χ1) is 13.6. The van der Waals surface area contributed by atoms with E-state index in [1.54, 1.807) is 62.8 Å². The summed E-state index contributed by atoms with van der Waals surface area (Å²) in [4.78, 5) is 24.9. The summed E-state index contributed by atoms with van der Waals surface area (Å²) in [5, 5.41) is 5.60. The van der Waals surface area contributed by atoms with Crippen LogP contribution in [0.15, 0.2) is 72.8 Å². The second kappa shape index (κ2) is 8.73. The highest BCUT2D eigenvalue weighted by Crippen LogP contribution is 2.25. The third-order valence-electron chi connectivity index (χ3n) is 4.12. The van der Waals surface area contributed by atoms with Crippen LogP contribution in [0.1, 0.15) is 20.7 Å². The number of carbonyl (C=O) groups excluding carboxylic acids is 2. The average molecular weight is 376 g/mol. The fourth-order valence-corrected chi connectivity index (χ4v) is 2.66. The summed E-state index contributed by atoms with van der Waals surface area (Å²) in [7, 11) is 3.08. The fraction of sp³-hybridized carbons (Fsp3) is 0.0909. The van der Waals surface area contributed by atoms with Crippen LogP contribution in [-0.2, 0) is 0 Å². The van der Waals surface area contributed by atoms with Gasteiger partial charge in [0.05, 0.1) is 25.6 Å². The van der Waals surface area contributed by atoms with Crippen molar-refractivity contribution in [3.63, 3.8) is 0 Å². The van der Waals surface area contributed by atoms with Crippen LogP contribution in [0.5, 0.6) is 11.5 Å². The number of hydrogen-bond donors (Lipinski definition) is 2. The van der Waals surface area contributed by atoms with Gasteiger partial charge in [-0.2, -0.15) is 0 Å². The van der Waals surface area contributed by atoms with Gasteiger partial charge in [-0.1, -0.05) is 24.3 Å². The molecule has 0 heterocycles. The molecule has 6 heteroatoms. The van der Waals surface area contributed by atoms with E-state index in [9.17, 15) is 9.59 Å². The van der Waals surface area contributed by atoms with Gasteiger partial charge in [-0.3, -0.25) is 9.59 Å². The van der Waals surface area contributed by atoms with Gasteiger partial charge < -0.3 is 20.1 Å². The molecule has 3 rings (SSSR count). The molecule has 0 spiro atoms. The number of amides is 2. The SMILES string of the molecule is COc1ccccc1NC(=O)c1ccc(C(=O)Nc2ccccc2OC)cc1. The second-order valence-corrected chi connectivity index (χ2v) is 5.89. The number of rotatable bonds is 6. The summed E-state index contributed by atoms with van der Waals surface area (Å²) in [5.41, 5.74) is 2.01. The smallest absolute Gasteiger partial charge is 0.255 e. The van der Waals surface area contributed by atoms with Crippen molar-refractivity contribution in [1.82, 2.24) is 0 Å². The predicted octanol–water partition coefficient (Wildman–Crippen LogP) is 4.21. The number of methoxy groups -OCH3 is 2. The Morgan fingerprint density at radius 3 is 1.32 bits per heavy atom. The van der Waals surface area contributed by atoms with E-state index in [-0.39, 0.29) is 11.8 Å². The summed E-state index contributed by atoms with van der Waals surface area (Å²) in [6.07, 6.45) is 0. The molecule has 28 heavy (non-hydrogen) atoms. The van der Waals surface area contributed by atoms with Gasteiger partial charge >= 0.3 is 0 Å². The van der Waals surface area contributed by atoms with Gasteiger partial charge in [-0.05, 0) is 48.5 Å². The molecule has 0 fully saturated rings. The number of carbonyl (C=O) groups is 2. The van der Waals surface area contributed by atoms with Gasteiger partial charge in [0.2, 0.25) is 0 Å². The molecular formula is C22H20N2O4. The van der Waals surface area contributed by atoms with Crippen molar-refractivity contribution < 1.29 is 19.1 Å². The molecule has 2 amide bonds. The Morgan fingerprint density at radius 1 is 0.607 bits per heavy atom. The molecule has 3 aromatic carbocycles. The van der Waals surface area contributed by atoms with Crippen molar-refractivity contribution in [2.75, 3.05) is 24.9 Å². The zero-order valence-electron chi connectivity index (χ0n) is 15.6. The van der Waals surface area contributed by atoms with Crippen molar-refractivity contribution in [3.05, 3.63) is 83.9 Å². The summed E-state index contributed by atoms with van der Waals surface area (Å²) in [6.45, 7) is 0. The monoisotopic (exact) mass is 376 g/mol. The van der Waals surface area contributed by atoms with E-state index in [2.05, 4.69) is 10.6 Å². The fourth-order valence-electron chi connectivity index (χ4n) is 2.66. The van der Waals surface area contributed by atoms with Crippen LogP contribution in [0, 0.1) is 0 Å². The highest BCUT2D eigenvalue weighted by Gasteiger charge is 2.12. The maximum absolute atomic E-state index is 12.5. The molecule has 0 saturated heterocycles. The molecule has 3 aromatic rings. The van der Waals surface area contributed by atoms with E-state index in [0.29, 0.717) is 34.0 Å². The zero-order valence-corrected chi connectivity index (χ0v) is 15.6. The lowest BCUT2D eigenvalue weighted by atomic mass is 10.1. The minimum atomic E-state index is -0.291. The van der Waals surface area contributed by atoms with Gasteiger partial charge in [0.25, 0.3) is 11.8 Å². The Balaban J connectivity index is 1.70. The summed E-state index contributed by atoms with van der Waals surface area (Å²) in [6, 6.07) is 20.7. The van der Waals surface area contributed by atoms with Crippen LogP contribution in [0.4, 0.5) is 11.4 Å². The van der Waals surface area contributed by atoms with Crippen molar-refractivity contribution in [2.24, 2.45) is 0 Å². The number of para-hydroxylation sites is 4. The van der Waals surface area contributed by atoms with Gasteiger partial charge in [0.1, 0.15) is 11.5 Å². The van der Waals surface area contributed by atoms with Gasteiger partial charge in [-0.15, -0.1) is 0 Å². The lowest BCUT2D eigenvalue weighted by Crippen LogP contribution is -2.15. The Labute approximate surface area is 163 Å². The van der Waals surface area contributed by atoms with E-state index in [0.717, 1.165) is 0 Å². The molecule has 0 aliphatic rings. The molecule has 0 atom stereocenters. The Bertz CT molecular complexity index is 903. The standard InChI is InChI=1S/C22H20N2O4/c1-27-19-9-5-3-7-17(19)23-21(25)15-11-13-16(14-12-15)22(26)24-18-8-4-6-10-20(18)28-2/h3-14H,1-2H3,(H,23,25)(H,24,26). The Kier molecular flexibility index (Phi) is 5.91. The normalized spacial score (nSPS) is 10.1. The van der Waals surface area contributed by atoms with Crippen LogP contribution in [0.2, 0.25) is 0 Å². The summed E-state index contributed by atoms with van der Waals surface area (Å²) >= 11 is 0. The maximum Gasteiger partial charge on any atom is 0.255 e. The van der Waals surface area contributed by atoms with E-state index < -0.39 is 0 Å². The Hall–Kier alpha value is -3.80. The first-order valence-corrected chi connectivity index (χ1v) is 8.61. The average Bonchev–Trinajstić information content (AvgIpc) is 2.74. The van der Waals surface area contributed by atoms with Gasteiger partial charge in [0.15, 0.2) is 0 Å². The number of nitrogens with one attached hydrogen (secondary N) is 2. The molecule has 0 aliphatic heterocycles. The zero-order chi connectivity index (χ0) is 19.9. The first-order valence-electron chi connectivity index (χ1n) is 8.61. The summed E-state index contributed by atoms with van der Waals surface area (Å²) in [5.74, 6) is 0.565. The maximum atomic E-state index is 12.5.